The lowest BCUT2D eigenvalue weighted by Crippen LogP contribution is -2.28. The van der Waals surface area contributed by atoms with Gasteiger partial charge in [0, 0.05) is 18.7 Å². The van der Waals surface area contributed by atoms with E-state index in [0.29, 0.717) is 18.7 Å². The van der Waals surface area contributed by atoms with Crippen molar-refractivity contribution in [2.75, 3.05) is 18.4 Å². The van der Waals surface area contributed by atoms with Gasteiger partial charge >= 0.3 is 0 Å². The number of anilines is 1. The number of rotatable bonds is 5. The Balaban J connectivity index is 1.73. The zero-order chi connectivity index (χ0) is 13.7. The van der Waals surface area contributed by atoms with Crippen LogP contribution in [0, 0.1) is 13.8 Å². The Kier molecular flexibility index (Phi) is 4.46. The molecule has 1 amide bonds. The first-order valence-electron chi connectivity index (χ1n) is 6.04. The van der Waals surface area contributed by atoms with Gasteiger partial charge in [-0.3, -0.25) is 4.79 Å². The van der Waals surface area contributed by atoms with Gasteiger partial charge in [0.1, 0.15) is 5.01 Å². The second-order valence-electron chi connectivity index (χ2n) is 4.17. The Morgan fingerprint density at radius 3 is 2.53 bits per heavy atom. The Labute approximate surface area is 116 Å². The summed E-state index contributed by atoms with van der Waals surface area (Å²) in [6.07, 6.45) is 0. The van der Waals surface area contributed by atoms with E-state index in [-0.39, 0.29) is 5.91 Å². The summed E-state index contributed by atoms with van der Waals surface area (Å²) in [7, 11) is 0. The van der Waals surface area contributed by atoms with Crippen molar-refractivity contribution in [2.24, 2.45) is 0 Å². The van der Waals surface area contributed by atoms with Crippen molar-refractivity contribution < 1.29 is 4.79 Å². The van der Waals surface area contributed by atoms with Crippen molar-refractivity contribution >= 4 is 22.4 Å². The predicted octanol–water partition coefficient (Wildman–Crippen LogP) is 2.00. The van der Waals surface area contributed by atoms with Crippen molar-refractivity contribution in [1.29, 1.82) is 0 Å². The SMILES string of the molecule is Cc1ccc(C(=O)NCCNc2nnc(C)s2)cc1. The Bertz CT molecular complexity index is 550. The molecule has 5 nitrogen and oxygen atoms in total. The highest BCUT2D eigenvalue weighted by molar-refractivity contribution is 7.15. The second kappa shape index (κ2) is 6.29. The summed E-state index contributed by atoms with van der Waals surface area (Å²) in [6.45, 7) is 5.08. The normalized spacial score (nSPS) is 10.2. The summed E-state index contributed by atoms with van der Waals surface area (Å²) in [5.74, 6) is -0.0600. The summed E-state index contributed by atoms with van der Waals surface area (Å²) in [6, 6.07) is 7.51. The minimum absolute atomic E-state index is 0.0600. The van der Waals surface area contributed by atoms with Crippen LogP contribution >= 0.6 is 11.3 Å². The number of carbonyl (C=O) groups excluding carboxylic acids is 1. The average Bonchev–Trinajstić information content (AvgIpc) is 2.81. The van der Waals surface area contributed by atoms with Crippen molar-refractivity contribution in [3.8, 4) is 0 Å². The van der Waals surface area contributed by atoms with Gasteiger partial charge in [-0.2, -0.15) is 0 Å². The third-order valence-corrected chi connectivity index (χ3v) is 3.32. The highest BCUT2D eigenvalue weighted by Crippen LogP contribution is 2.12. The van der Waals surface area contributed by atoms with Crippen LogP contribution in [0.25, 0.3) is 0 Å². The molecule has 6 heteroatoms. The largest absolute Gasteiger partial charge is 0.358 e. The smallest absolute Gasteiger partial charge is 0.251 e. The fourth-order valence-electron chi connectivity index (χ4n) is 1.52. The zero-order valence-electron chi connectivity index (χ0n) is 10.9. The highest BCUT2D eigenvalue weighted by Gasteiger charge is 2.04. The van der Waals surface area contributed by atoms with Gasteiger partial charge in [0.15, 0.2) is 0 Å². The molecule has 0 bridgehead atoms. The van der Waals surface area contributed by atoms with Crippen molar-refractivity contribution in [1.82, 2.24) is 15.5 Å². The number of aromatic nitrogens is 2. The number of amides is 1. The Morgan fingerprint density at radius 1 is 1.16 bits per heavy atom. The molecule has 0 aliphatic rings. The van der Waals surface area contributed by atoms with E-state index in [1.807, 2.05) is 38.1 Å². The van der Waals surface area contributed by atoms with E-state index >= 15 is 0 Å². The maximum absolute atomic E-state index is 11.8. The molecule has 2 rings (SSSR count). The van der Waals surface area contributed by atoms with E-state index in [1.54, 1.807) is 0 Å². The average molecular weight is 276 g/mol. The molecule has 0 atom stereocenters. The Hall–Kier alpha value is -1.95. The van der Waals surface area contributed by atoms with E-state index in [1.165, 1.54) is 11.3 Å². The first-order valence-corrected chi connectivity index (χ1v) is 6.85. The molecule has 2 aromatic rings. The number of carbonyl (C=O) groups is 1. The molecule has 1 heterocycles. The van der Waals surface area contributed by atoms with E-state index in [4.69, 9.17) is 0 Å². The minimum Gasteiger partial charge on any atom is -0.358 e. The topological polar surface area (TPSA) is 66.9 Å². The van der Waals surface area contributed by atoms with Crippen LogP contribution in [0.15, 0.2) is 24.3 Å². The highest BCUT2D eigenvalue weighted by atomic mass is 32.1. The van der Waals surface area contributed by atoms with Crippen LogP contribution in [0.4, 0.5) is 5.13 Å². The van der Waals surface area contributed by atoms with Gasteiger partial charge in [-0.25, -0.2) is 0 Å². The first kappa shape index (κ1) is 13.5. The summed E-state index contributed by atoms with van der Waals surface area (Å²) in [5, 5.41) is 15.5. The quantitative estimate of drug-likeness (QED) is 0.820. The number of aryl methyl sites for hydroxylation is 2. The molecule has 1 aromatic carbocycles. The summed E-state index contributed by atoms with van der Waals surface area (Å²) < 4.78 is 0. The molecule has 0 spiro atoms. The lowest BCUT2D eigenvalue weighted by atomic mass is 10.1. The molecular weight excluding hydrogens is 260 g/mol. The fraction of sp³-hybridized carbons (Fsp3) is 0.308. The van der Waals surface area contributed by atoms with Crippen LogP contribution < -0.4 is 10.6 Å². The predicted molar refractivity (Wildman–Crippen MR) is 76.6 cm³/mol. The van der Waals surface area contributed by atoms with Gasteiger partial charge in [0.2, 0.25) is 5.13 Å². The van der Waals surface area contributed by atoms with Crippen molar-refractivity contribution in [3.05, 3.63) is 40.4 Å². The van der Waals surface area contributed by atoms with E-state index in [0.717, 1.165) is 15.7 Å². The zero-order valence-corrected chi connectivity index (χ0v) is 11.8. The summed E-state index contributed by atoms with van der Waals surface area (Å²) in [4.78, 5) is 11.8. The maximum Gasteiger partial charge on any atom is 0.251 e. The lowest BCUT2D eigenvalue weighted by Gasteiger charge is -2.05. The van der Waals surface area contributed by atoms with Gasteiger partial charge in [0.05, 0.1) is 0 Å². The van der Waals surface area contributed by atoms with Crippen LogP contribution in [0.2, 0.25) is 0 Å². The van der Waals surface area contributed by atoms with Gasteiger partial charge in [0.25, 0.3) is 5.91 Å². The molecule has 19 heavy (non-hydrogen) atoms. The molecule has 0 saturated heterocycles. The third kappa shape index (κ3) is 4.03. The third-order valence-electron chi connectivity index (χ3n) is 2.53. The number of hydrogen-bond donors (Lipinski definition) is 2. The van der Waals surface area contributed by atoms with Crippen LogP contribution in [0.3, 0.4) is 0 Å². The monoisotopic (exact) mass is 276 g/mol. The summed E-state index contributed by atoms with van der Waals surface area (Å²) in [5.41, 5.74) is 1.82. The van der Waals surface area contributed by atoms with Crippen LogP contribution in [0.5, 0.6) is 0 Å². The first-order chi connectivity index (χ1) is 9.15. The Morgan fingerprint density at radius 2 is 1.89 bits per heavy atom. The van der Waals surface area contributed by atoms with Crippen LogP contribution in [0.1, 0.15) is 20.9 Å². The van der Waals surface area contributed by atoms with Crippen molar-refractivity contribution in [3.63, 3.8) is 0 Å². The number of nitrogens with zero attached hydrogens (tertiary/aromatic N) is 2. The van der Waals surface area contributed by atoms with E-state index in [9.17, 15) is 4.79 Å². The van der Waals surface area contributed by atoms with Gasteiger partial charge < -0.3 is 10.6 Å². The number of benzene rings is 1. The van der Waals surface area contributed by atoms with E-state index in [2.05, 4.69) is 20.8 Å². The van der Waals surface area contributed by atoms with Crippen molar-refractivity contribution in [2.45, 2.75) is 13.8 Å². The standard InChI is InChI=1S/C13H16N4OS/c1-9-3-5-11(6-4-9)12(18)14-7-8-15-13-17-16-10(2)19-13/h3-6H,7-8H2,1-2H3,(H,14,18)(H,15,17). The fourth-order valence-corrected chi connectivity index (χ4v) is 2.14. The van der Waals surface area contributed by atoms with Crippen LogP contribution in [-0.4, -0.2) is 29.2 Å². The second-order valence-corrected chi connectivity index (χ2v) is 5.36. The molecule has 0 aliphatic heterocycles. The maximum atomic E-state index is 11.8. The molecule has 0 fully saturated rings. The molecule has 0 radical (unpaired) electrons. The minimum atomic E-state index is -0.0600. The molecule has 2 N–H and O–H groups in total. The molecular formula is C13H16N4OS. The molecule has 100 valence electrons. The number of hydrogen-bond acceptors (Lipinski definition) is 5. The van der Waals surface area contributed by atoms with Gasteiger partial charge in [-0.15, -0.1) is 10.2 Å². The molecule has 1 aromatic heterocycles. The van der Waals surface area contributed by atoms with E-state index < -0.39 is 0 Å². The molecule has 0 saturated carbocycles. The molecule has 0 aliphatic carbocycles. The lowest BCUT2D eigenvalue weighted by molar-refractivity contribution is 0.0955. The molecule has 0 unspecified atom stereocenters. The summed E-state index contributed by atoms with van der Waals surface area (Å²) >= 11 is 1.50. The van der Waals surface area contributed by atoms with Gasteiger partial charge in [-0.05, 0) is 26.0 Å². The number of nitrogens with one attached hydrogen (secondary N) is 2. The van der Waals surface area contributed by atoms with Crippen LogP contribution in [-0.2, 0) is 0 Å². The van der Waals surface area contributed by atoms with Gasteiger partial charge in [-0.1, -0.05) is 29.0 Å².